The third kappa shape index (κ3) is 5.61. The highest BCUT2D eigenvalue weighted by Crippen LogP contribution is 2.32. The molecule has 1 unspecified atom stereocenters. The normalized spacial score (nSPS) is 18.0. The molecule has 176 valence electrons. The zero-order valence-corrected chi connectivity index (χ0v) is 19.2. The van der Waals surface area contributed by atoms with Gasteiger partial charge in [0.05, 0.1) is 31.6 Å². The molecule has 0 bridgehead atoms. The van der Waals surface area contributed by atoms with Gasteiger partial charge in [-0.05, 0) is 24.3 Å². The van der Waals surface area contributed by atoms with Crippen molar-refractivity contribution in [2.75, 3.05) is 45.2 Å². The van der Waals surface area contributed by atoms with Gasteiger partial charge in [-0.1, -0.05) is 11.6 Å². The van der Waals surface area contributed by atoms with Crippen LogP contribution in [0.2, 0.25) is 5.15 Å². The average Bonchev–Trinajstić information content (AvgIpc) is 2.80. The number of aliphatic hydroxyl groups is 1. The molecule has 7 nitrogen and oxygen atoms in total. The van der Waals surface area contributed by atoms with Crippen LogP contribution in [0, 0.1) is 0 Å². The molecule has 1 fully saturated rings. The Kier molecular flexibility index (Phi) is 6.83. The molecule has 2 aromatic heterocycles. The molecule has 10 heteroatoms. The van der Waals surface area contributed by atoms with Crippen molar-refractivity contribution in [3.8, 4) is 0 Å². The highest BCUT2D eigenvalue weighted by atomic mass is 35.5. The smallest absolute Gasteiger partial charge is 0.286 e. The summed E-state index contributed by atoms with van der Waals surface area (Å²) in [4.78, 5) is 12.3. The molecule has 2 aliphatic rings. The van der Waals surface area contributed by atoms with Crippen LogP contribution in [-0.4, -0.2) is 64.8 Å². The van der Waals surface area contributed by atoms with E-state index < -0.39 is 17.8 Å². The molecular weight excluding hydrogens is 452 g/mol. The van der Waals surface area contributed by atoms with Gasteiger partial charge in [0, 0.05) is 61.9 Å². The van der Waals surface area contributed by atoms with Crippen molar-refractivity contribution in [3.63, 3.8) is 0 Å². The zero-order valence-electron chi connectivity index (χ0n) is 18.4. The predicted octanol–water partition coefficient (Wildman–Crippen LogP) is 3.85. The van der Waals surface area contributed by atoms with Gasteiger partial charge in [-0.15, -0.1) is 0 Å². The fourth-order valence-corrected chi connectivity index (χ4v) is 4.03. The maximum Gasteiger partial charge on any atom is 0.286 e. The van der Waals surface area contributed by atoms with Crippen molar-refractivity contribution in [1.29, 1.82) is 0 Å². The Bertz CT molecular complexity index is 1070. The molecule has 0 aromatic carbocycles. The third-order valence-electron chi connectivity index (χ3n) is 5.51. The van der Waals surface area contributed by atoms with E-state index in [9.17, 15) is 13.9 Å². The van der Waals surface area contributed by atoms with E-state index in [2.05, 4.69) is 31.2 Å². The largest absolute Gasteiger partial charge is 0.378 e. The van der Waals surface area contributed by atoms with Crippen LogP contribution < -0.4 is 5.32 Å². The summed E-state index contributed by atoms with van der Waals surface area (Å²) in [5.41, 5.74) is 3.10. The number of alkyl halides is 2. The second-order valence-corrected chi connectivity index (χ2v) is 8.56. The Morgan fingerprint density at radius 3 is 2.73 bits per heavy atom. The van der Waals surface area contributed by atoms with Gasteiger partial charge in [0.1, 0.15) is 10.8 Å². The lowest BCUT2D eigenvalue weighted by Gasteiger charge is -2.35. The molecule has 2 aromatic rings. The fourth-order valence-electron chi connectivity index (χ4n) is 3.82. The minimum atomic E-state index is -3.10. The molecule has 4 heterocycles. The number of aromatic nitrogens is 2. The molecule has 33 heavy (non-hydrogen) atoms. The molecular formula is C23H26ClF2N5O2. The average molecular weight is 478 g/mol. The monoisotopic (exact) mass is 477 g/mol. The van der Waals surface area contributed by atoms with E-state index in [1.807, 2.05) is 13.2 Å². The topological polar surface area (TPSA) is 73.8 Å². The number of nitrogens with zero attached hydrogens (tertiary/aromatic N) is 4. The molecule has 4 rings (SSSR count). The molecule has 2 N–H and O–H groups in total. The Morgan fingerprint density at radius 1 is 1.24 bits per heavy atom. The van der Waals surface area contributed by atoms with E-state index >= 15 is 0 Å². The van der Waals surface area contributed by atoms with Crippen LogP contribution in [0.15, 0.2) is 48.6 Å². The summed E-state index contributed by atoms with van der Waals surface area (Å²) in [5, 5.41) is 13.8. The molecule has 1 atom stereocenters. The number of halogens is 3. The summed E-state index contributed by atoms with van der Waals surface area (Å²) >= 11 is 6.42. The quantitative estimate of drug-likeness (QED) is 0.483. The number of morpholine rings is 1. The van der Waals surface area contributed by atoms with Gasteiger partial charge >= 0.3 is 0 Å². The molecule has 0 saturated carbocycles. The number of pyridine rings is 2. The predicted molar refractivity (Wildman–Crippen MR) is 123 cm³/mol. The van der Waals surface area contributed by atoms with Crippen LogP contribution in [0.25, 0.3) is 5.57 Å². The van der Waals surface area contributed by atoms with Gasteiger partial charge in [-0.2, -0.15) is 8.78 Å². The summed E-state index contributed by atoms with van der Waals surface area (Å²) < 4.78 is 32.7. The maximum absolute atomic E-state index is 13.6. The lowest BCUT2D eigenvalue weighted by Crippen LogP contribution is -2.39. The number of anilines is 1. The summed E-state index contributed by atoms with van der Waals surface area (Å²) in [5.74, 6) is -3.10. The second-order valence-electron chi connectivity index (χ2n) is 8.21. The number of hydrogen-bond donors (Lipinski definition) is 2. The molecule has 0 amide bonds. The number of hydrogen-bond acceptors (Lipinski definition) is 7. The first-order valence-corrected chi connectivity index (χ1v) is 11.0. The van der Waals surface area contributed by atoms with E-state index in [0.29, 0.717) is 29.6 Å². The summed E-state index contributed by atoms with van der Waals surface area (Å²) in [6, 6.07) is 4.44. The van der Waals surface area contributed by atoms with Gasteiger partial charge in [0.2, 0.25) is 0 Å². The maximum atomic E-state index is 13.6. The van der Waals surface area contributed by atoms with Crippen LogP contribution in [0.1, 0.15) is 30.0 Å². The van der Waals surface area contributed by atoms with Crippen molar-refractivity contribution in [1.82, 2.24) is 19.8 Å². The highest BCUT2D eigenvalue weighted by molar-refractivity contribution is 6.31. The Morgan fingerprint density at radius 2 is 2.00 bits per heavy atom. The molecule has 2 aliphatic heterocycles. The van der Waals surface area contributed by atoms with Crippen molar-refractivity contribution < 1.29 is 18.6 Å². The SMILES string of the molecule is CN1C=C(c2cc(NC(O)c3ccnc(C(C)(F)F)c3)cnc2Cl)C=C(N2CCOCC2)C1. The fraction of sp³-hybridized carbons (Fsp3) is 0.391. The number of nitrogens with one attached hydrogen (secondary N) is 1. The van der Waals surface area contributed by atoms with Gasteiger partial charge in [0.25, 0.3) is 5.92 Å². The Balaban J connectivity index is 1.57. The minimum Gasteiger partial charge on any atom is -0.378 e. The number of ether oxygens (including phenoxy) is 1. The van der Waals surface area contributed by atoms with Crippen molar-refractivity contribution in [3.05, 3.63) is 70.5 Å². The Labute approximate surface area is 196 Å². The number of aliphatic hydroxyl groups excluding tert-OH is 1. The van der Waals surface area contributed by atoms with E-state index in [1.54, 1.807) is 6.07 Å². The second kappa shape index (κ2) is 9.62. The Hall–Kier alpha value is -2.75. The molecule has 0 aliphatic carbocycles. The number of likely N-dealkylation sites (N-methyl/N-ethyl adjacent to an activating group) is 1. The minimum absolute atomic E-state index is 0.268. The lowest BCUT2D eigenvalue weighted by atomic mass is 10.0. The van der Waals surface area contributed by atoms with E-state index in [1.165, 1.54) is 24.5 Å². The number of allylic oxidation sites excluding steroid dienone is 2. The van der Waals surface area contributed by atoms with Crippen LogP contribution in [0.5, 0.6) is 0 Å². The van der Waals surface area contributed by atoms with Crippen molar-refractivity contribution in [2.45, 2.75) is 19.1 Å². The van der Waals surface area contributed by atoms with Crippen molar-refractivity contribution >= 4 is 22.9 Å². The van der Waals surface area contributed by atoms with E-state index in [0.717, 1.165) is 37.8 Å². The van der Waals surface area contributed by atoms with Crippen molar-refractivity contribution in [2.24, 2.45) is 0 Å². The number of rotatable bonds is 6. The van der Waals surface area contributed by atoms with Gasteiger partial charge in [-0.25, -0.2) is 4.98 Å². The highest BCUT2D eigenvalue weighted by Gasteiger charge is 2.27. The lowest BCUT2D eigenvalue weighted by molar-refractivity contribution is 0.0125. The van der Waals surface area contributed by atoms with Gasteiger partial charge in [0.15, 0.2) is 6.23 Å². The summed E-state index contributed by atoms with van der Waals surface area (Å²) in [6.45, 7) is 4.59. The van der Waals surface area contributed by atoms with Crippen LogP contribution >= 0.6 is 11.6 Å². The molecule has 0 spiro atoms. The summed E-state index contributed by atoms with van der Waals surface area (Å²) in [6.07, 6.45) is 5.59. The van der Waals surface area contributed by atoms with Crippen LogP contribution in [0.4, 0.5) is 14.5 Å². The zero-order chi connectivity index (χ0) is 23.6. The first kappa shape index (κ1) is 23.4. The van der Waals surface area contributed by atoms with E-state index in [-0.39, 0.29) is 5.56 Å². The third-order valence-corrected chi connectivity index (χ3v) is 5.81. The first-order valence-electron chi connectivity index (χ1n) is 10.6. The first-order chi connectivity index (χ1) is 15.7. The molecule has 1 saturated heterocycles. The van der Waals surface area contributed by atoms with Gasteiger partial charge in [-0.3, -0.25) is 4.98 Å². The summed E-state index contributed by atoms with van der Waals surface area (Å²) in [7, 11) is 1.99. The van der Waals surface area contributed by atoms with Crippen LogP contribution in [-0.2, 0) is 10.7 Å². The molecule has 0 radical (unpaired) electrons. The standard InChI is InChI=1S/C23H26ClF2N5O2/c1-23(25,26)20-10-15(3-4-27-20)22(32)29-17-11-19(21(24)28-12-17)16-9-18(14-30(2)13-16)31-5-7-33-8-6-31/h3-4,9-13,22,29,32H,5-8,14H2,1-2H3. The van der Waals surface area contributed by atoms with E-state index in [4.69, 9.17) is 16.3 Å². The van der Waals surface area contributed by atoms with Crippen LogP contribution in [0.3, 0.4) is 0 Å². The van der Waals surface area contributed by atoms with Gasteiger partial charge < -0.3 is 25.0 Å².